The number of aromatic nitrogens is 2. The highest BCUT2D eigenvalue weighted by atomic mass is 79.9. The highest BCUT2D eigenvalue weighted by molar-refractivity contribution is 9.10. The van der Waals surface area contributed by atoms with Gasteiger partial charge in [-0.1, -0.05) is 12.1 Å². The molecule has 0 saturated carbocycles. The van der Waals surface area contributed by atoms with Gasteiger partial charge in [0.2, 0.25) is 0 Å². The standard InChI is InChI=1S/C20H14BrF2N3O2/c1-11-9-24-26(10-13-7-14(22)5-6-16(13)23)19(11)25-20(27)17-8-12-3-2-4-15(21)18(12)28-17/h2-9H,10H2,1H3,(H,25,27). The molecule has 4 rings (SSSR count). The van der Waals surface area contributed by atoms with Gasteiger partial charge >= 0.3 is 0 Å². The molecule has 0 aliphatic carbocycles. The smallest absolute Gasteiger partial charge is 0.292 e. The molecule has 0 aliphatic rings. The molecule has 142 valence electrons. The maximum Gasteiger partial charge on any atom is 0.292 e. The Balaban J connectivity index is 1.62. The van der Waals surface area contributed by atoms with E-state index in [4.69, 9.17) is 4.42 Å². The number of hydrogen-bond acceptors (Lipinski definition) is 3. The van der Waals surface area contributed by atoms with Gasteiger partial charge in [0.15, 0.2) is 5.76 Å². The van der Waals surface area contributed by atoms with Crippen molar-refractivity contribution in [2.45, 2.75) is 13.5 Å². The minimum absolute atomic E-state index is 0.0290. The largest absolute Gasteiger partial charge is 0.450 e. The number of aryl methyl sites for hydroxylation is 1. The van der Waals surface area contributed by atoms with E-state index in [0.29, 0.717) is 17.0 Å². The number of halogens is 3. The number of benzene rings is 2. The first-order valence-corrected chi connectivity index (χ1v) is 9.17. The van der Waals surface area contributed by atoms with Crippen LogP contribution in [-0.4, -0.2) is 15.7 Å². The molecule has 8 heteroatoms. The van der Waals surface area contributed by atoms with Crippen LogP contribution in [-0.2, 0) is 6.54 Å². The van der Waals surface area contributed by atoms with Crippen LogP contribution in [0.4, 0.5) is 14.6 Å². The van der Waals surface area contributed by atoms with Crippen LogP contribution in [0.25, 0.3) is 11.0 Å². The number of nitrogens with zero attached hydrogens (tertiary/aromatic N) is 2. The first-order valence-electron chi connectivity index (χ1n) is 8.38. The Morgan fingerprint density at radius 1 is 1.25 bits per heavy atom. The summed E-state index contributed by atoms with van der Waals surface area (Å²) in [6, 6.07) is 10.4. The third kappa shape index (κ3) is 3.43. The fraction of sp³-hybridized carbons (Fsp3) is 0.100. The number of para-hydroxylation sites is 1. The third-order valence-electron chi connectivity index (χ3n) is 4.30. The number of fused-ring (bicyclic) bond motifs is 1. The van der Waals surface area contributed by atoms with Crippen molar-refractivity contribution in [2.24, 2.45) is 0 Å². The van der Waals surface area contributed by atoms with Crippen molar-refractivity contribution in [1.29, 1.82) is 0 Å². The first kappa shape index (κ1) is 18.4. The fourth-order valence-corrected chi connectivity index (χ4v) is 3.36. The summed E-state index contributed by atoms with van der Waals surface area (Å²) in [4.78, 5) is 12.7. The van der Waals surface area contributed by atoms with Crippen LogP contribution in [0.1, 0.15) is 21.7 Å². The van der Waals surface area contributed by atoms with E-state index in [-0.39, 0.29) is 17.9 Å². The number of nitrogens with one attached hydrogen (secondary N) is 1. The molecule has 5 nitrogen and oxygen atoms in total. The molecule has 0 bridgehead atoms. The van der Waals surface area contributed by atoms with E-state index in [1.54, 1.807) is 19.2 Å². The van der Waals surface area contributed by atoms with E-state index < -0.39 is 17.5 Å². The second-order valence-electron chi connectivity index (χ2n) is 6.29. The third-order valence-corrected chi connectivity index (χ3v) is 4.93. The monoisotopic (exact) mass is 445 g/mol. The van der Waals surface area contributed by atoms with Gasteiger partial charge in [-0.15, -0.1) is 0 Å². The number of anilines is 1. The Bertz CT molecular complexity index is 1200. The fourth-order valence-electron chi connectivity index (χ4n) is 2.90. The second kappa shape index (κ2) is 7.20. The summed E-state index contributed by atoms with van der Waals surface area (Å²) in [5, 5.41) is 7.69. The quantitative estimate of drug-likeness (QED) is 0.464. The van der Waals surface area contributed by atoms with Gasteiger partial charge < -0.3 is 9.73 Å². The van der Waals surface area contributed by atoms with Crippen LogP contribution in [0.3, 0.4) is 0 Å². The molecule has 0 unspecified atom stereocenters. The number of rotatable bonds is 4. The number of hydrogen-bond donors (Lipinski definition) is 1. The van der Waals surface area contributed by atoms with Crippen LogP contribution < -0.4 is 5.32 Å². The molecule has 28 heavy (non-hydrogen) atoms. The predicted octanol–water partition coefficient (Wildman–Crippen LogP) is 5.28. The second-order valence-corrected chi connectivity index (χ2v) is 7.15. The Morgan fingerprint density at radius 3 is 2.86 bits per heavy atom. The Labute approximate surface area is 167 Å². The molecule has 2 aromatic heterocycles. The number of carbonyl (C=O) groups excluding carboxylic acids is 1. The summed E-state index contributed by atoms with van der Waals surface area (Å²) in [5.74, 6) is -1.04. The van der Waals surface area contributed by atoms with Gasteiger partial charge in [0.1, 0.15) is 23.0 Å². The summed E-state index contributed by atoms with van der Waals surface area (Å²) in [7, 11) is 0. The maximum atomic E-state index is 14.0. The highest BCUT2D eigenvalue weighted by Crippen LogP contribution is 2.28. The van der Waals surface area contributed by atoms with Gasteiger partial charge in [-0.05, 0) is 53.2 Å². The highest BCUT2D eigenvalue weighted by Gasteiger charge is 2.18. The molecule has 1 N–H and O–H groups in total. The minimum atomic E-state index is -0.547. The number of carbonyl (C=O) groups is 1. The molecule has 0 saturated heterocycles. The molecule has 0 spiro atoms. The molecule has 4 aromatic rings. The normalized spacial score (nSPS) is 11.1. The first-order chi connectivity index (χ1) is 13.4. The van der Waals surface area contributed by atoms with Crippen molar-refractivity contribution < 1.29 is 18.0 Å². The van der Waals surface area contributed by atoms with Gasteiger partial charge in [-0.2, -0.15) is 5.10 Å². The SMILES string of the molecule is Cc1cnn(Cc2cc(F)ccc2F)c1NC(=O)c1cc2cccc(Br)c2o1. The van der Waals surface area contributed by atoms with Gasteiger partial charge in [0.05, 0.1) is 17.2 Å². The zero-order valence-corrected chi connectivity index (χ0v) is 16.3. The van der Waals surface area contributed by atoms with Gasteiger partial charge in [0, 0.05) is 16.5 Å². The summed E-state index contributed by atoms with van der Waals surface area (Å²) >= 11 is 3.39. The van der Waals surface area contributed by atoms with E-state index >= 15 is 0 Å². The molecule has 0 radical (unpaired) electrons. The van der Waals surface area contributed by atoms with E-state index in [0.717, 1.165) is 28.1 Å². The van der Waals surface area contributed by atoms with Crippen LogP contribution >= 0.6 is 15.9 Å². The lowest BCUT2D eigenvalue weighted by Crippen LogP contribution is -2.16. The lowest BCUT2D eigenvalue weighted by molar-refractivity contribution is 0.0997. The summed E-state index contributed by atoms with van der Waals surface area (Å²) < 4.78 is 35.2. The Morgan fingerprint density at radius 2 is 2.07 bits per heavy atom. The van der Waals surface area contributed by atoms with Crippen LogP contribution in [0, 0.1) is 18.6 Å². The molecular weight excluding hydrogens is 432 g/mol. The molecule has 2 aromatic carbocycles. The molecular formula is C20H14BrF2N3O2. The van der Waals surface area contributed by atoms with Crippen molar-refractivity contribution in [1.82, 2.24) is 9.78 Å². The molecule has 0 aliphatic heterocycles. The summed E-state index contributed by atoms with van der Waals surface area (Å²) in [6.45, 7) is 1.73. The topological polar surface area (TPSA) is 60.1 Å². The maximum absolute atomic E-state index is 14.0. The number of furan rings is 1. The Hall–Kier alpha value is -3.00. The molecule has 1 amide bonds. The Kier molecular flexibility index (Phi) is 4.72. The van der Waals surface area contributed by atoms with Crippen molar-refractivity contribution in [3.05, 3.63) is 81.7 Å². The summed E-state index contributed by atoms with van der Waals surface area (Å²) in [5.41, 5.74) is 1.38. The van der Waals surface area contributed by atoms with Crippen LogP contribution in [0.2, 0.25) is 0 Å². The van der Waals surface area contributed by atoms with E-state index in [2.05, 4.69) is 26.3 Å². The molecule has 0 fully saturated rings. The van der Waals surface area contributed by atoms with Crippen molar-refractivity contribution >= 4 is 38.6 Å². The number of amides is 1. The van der Waals surface area contributed by atoms with Gasteiger partial charge in [-0.25, -0.2) is 13.5 Å². The van der Waals surface area contributed by atoms with E-state index in [1.807, 2.05) is 18.2 Å². The zero-order valence-electron chi connectivity index (χ0n) is 14.7. The average molecular weight is 446 g/mol. The van der Waals surface area contributed by atoms with Gasteiger partial charge in [-0.3, -0.25) is 4.79 Å². The lowest BCUT2D eigenvalue weighted by atomic mass is 10.2. The summed E-state index contributed by atoms with van der Waals surface area (Å²) in [6.07, 6.45) is 1.54. The predicted molar refractivity (Wildman–Crippen MR) is 104 cm³/mol. The van der Waals surface area contributed by atoms with E-state index in [9.17, 15) is 13.6 Å². The van der Waals surface area contributed by atoms with Crippen molar-refractivity contribution in [3.8, 4) is 0 Å². The van der Waals surface area contributed by atoms with Crippen molar-refractivity contribution in [3.63, 3.8) is 0 Å². The molecule has 0 atom stereocenters. The van der Waals surface area contributed by atoms with E-state index in [1.165, 1.54) is 4.68 Å². The average Bonchev–Trinajstić information content (AvgIpc) is 3.24. The molecule has 2 heterocycles. The van der Waals surface area contributed by atoms with Gasteiger partial charge in [0.25, 0.3) is 5.91 Å². The van der Waals surface area contributed by atoms with Crippen LogP contribution in [0.15, 0.2) is 57.6 Å². The minimum Gasteiger partial charge on any atom is -0.450 e. The van der Waals surface area contributed by atoms with Crippen LogP contribution in [0.5, 0.6) is 0 Å². The zero-order chi connectivity index (χ0) is 19.8. The van der Waals surface area contributed by atoms with Crippen molar-refractivity contribution in [2.75, 3.05) is 5.32 Å². The lowest BCUT2D eigenvalue weighted by Gasteiger charge is -2.10.